The molecule has 6 heteroatoms. The molecule has 4 N–H and O–H groups in total. The van der Waals surface area contributed by atoms with Crippen LogP contribution in [0, 0.1) is 0 Å². The molecule has 2 aromatic rings. The van der Waals surface area contributed by atoms with Gasteiger partial charge in [-0.2, -0.15) is 0 Å². The van der Waals surface area contributed by atoms with E-state index in [0.29, 0.717) is 15.9 Å². The number of benzene rings is 1. The second-order valence-electron chi connectivity index (χ2n) is 2.91. The van der Waals surface area contributed by atoms with Gasteiger partial charge in [0, 0.05) is 10.4 Å². The van der Waals surface area contributed by atoms with E-state index in [1.165, 1.54) is 0 Å². The molecule has 1 heterocycles. The van der Waals surface area contributed by atoms with Crippen LogP contribution in [0.3, 0.4) is 0 Å². The fraction of sp³-hybridized carbons (Fsp3) is 0. The molecule has 0 fully saturated rings. The Labute approximate surface area is 96.1 Å². The number of aromatic nitrogens is 1. The zero-order chi connectivity index (χ0) is 10.3. The number of anilines is 1. The van der Waals surface area contributed by atoms with Gasteiger partial charge in [0.2, 0.25) is 0 Å². The summed E-state index contributed by atoms with van der Waals surface area (Å²) in [6.45, 7) is 0. The first-order chi connectivity index (χ1) is 6.59. The van der Waals surface area contributed by atoms with E-state index in [4.69, 9.17) is 17.3 Å². The molecule has 0 atom stereocenters. The number of nitrogens with two attached hydrogens (primary N) is 1. The van der Waals surface area contributed by atoms with Crippen molar-refractivity contribution in [1.29, 1.82) is 0 Å². The second-order valence-corrected chi connectivity index (χ2v) is 3.34. The second kappa shape index (κ2) is 4.00. The zero-order valence-electron chi connectivity index (χ0n) is 7.45. The van der Waals surface area contributed by atoms with E-state index in [-0.39, 0.29) is 23.8 Å². The van der Waals surface area contributed by atoms with Crippen molar-refractivity contribution < 1.29 is 5.11 Å². The maximum absolute atomic E-state index is 11.2. The fourth-order valence-electron chi connectivity index (χ4n) is 1.26. The molecule has 0 unspecified atom stereocenters. The van der Waals surface area contributed by atoms with E-state index >= 15 is 0 Å². The lowest BCUT2D eigenvalue weighted by Crippen LogP contribution is -2.11. The lowest BCUT2D eigenvalue weighted by atomic mass is 10.2. The van der Waals surface area contributed by atoms with Gasteiger partial charge in [0.1, 0.15) is 5.69 Å². The van der Waals surface area contributed by atoms with Gasteiger partial charge in [-0.1, -0.05) is 11.6 Å². The van der Waals surface area contributed by atoms with Gasteiger partial charge in [-0.15, -0.1) is 12.4 Å². The average molecular weight is 247 g/mol. The van der Waals surface area contributed by atoms with Crippen LogP contribution < -0.4 is 11.3 Å². The van der Waals surface area contributed by atoms with E-state index in [2.05, 4.69) is 4.98 Å². The third-order valence-electron chi connectivity index (χ3n) is 1.98. The van der Waals surface area contributed by atoms with Gasteiger partial charge in [0.25, 0.3) is 5.56 Å². The van der Waals surface area contributed by atoms with Crippen LogP contribution in [0.15, 0.2) is 23.0 Å². The standard InChI is InChI=1S/C9H7ClN2O2.ClH/c10-4-1-2-6-5(3-4)8(13)7(11)9(14)12-6;/h1-3H,11H2,(H2,12,13,14);1H. The largest absolute Gasteiger partial charge is 0.505 e. The maximum Gasteiger partial charge on any atom is 0.275 e. The number of aromatic amines is 1. The quantitative estimate of drug-likeness (QED) is 0.665. The van der Waals surface area contributed by atoms with Crippen LogP contribution in [0.5, 0.6) is 5.75 Å². The number of nitrogens with one attached hydrogen (secondary N) is 1. The van der Waals surface area contributed by atoms with Crippen LogP contribution in [0.4, 0.5) is 5.69 Å². The van der Waals surface area contributed by atoms with Crippen molar-refractivity contribution in [1.82, 2.24) is 4.98 Å². The fourth-order valence-corrected chi connectivity index (χ4v) is 1.44. The molecular weight excluding hydrogens is 239 g/mol. The van der Waals surface area contributed by atoms with E-state index < -0.39 is 5.56 Å². The molecule has 1 aromatic heterocycles. The molecule has 2 rings (SSSR count). The molecule has 0 radical (unpaired) electrons. The van der Waals surface area contributed by atoms with Crippen molar-refractivity contribution in [2.24, 2.45) is 0 Å². The highest BCUT2D eigenvalue weighted by atomic mass is 35.5. The Morgan fingerprint density at radius 1 is 1.40 bits per heavy atom. The number of rotatable bonds is 0. The van der Waals surface area contributed by atoms with Crippen LogP contribution in [-0.4, -0.2) is 10.1 Å². The molecular formula is C9H8Cl2N2O2. The minimum absolute atomic E-state index is 0. The molecule has 0 bridgehead atoms. The predicted molar refractivity (Wildman–Crippen MR) is 62.9 cm³/mol. The Balaban J connectivity index is 0.00000112. The molecule has 1 aromatic carbocycles. The van der Waals surface area contributed by atoms with Gasteiger partial charge in [-0.3, -0.25) is 4.79 Å². The topological polar surface area (TPSA) is 79.1 Å². The van der Waals surface area contributed by atoms with E-state index in [0.717, 1.165) is 0 Å². The third kappa shape index (κ3) is 1.86. The van der Waals surface area contributed by atoms with Crippen molar-refractivity contribution in [3.63, 3.8) is 0 Å². The van der Waals surface area contributed by atoms with Crippen molar-refractivity contribution >= 4 is 40.6 Å². The summed E-state index contributed by atoms with van der Waals surface area (Å²) in [5.41, 5.74) is 5.17. The first kappa shape index (κ1) is 11.7. The summed E-state index contributed by atoms with van der Waals surface area (Å²) in [4.78, 5) is 13.7. The average Bonchev–Trinajstić information content (AvgIpc) is 2.16. The van der Waals surface area contributed by atoms with Crippen molar-refractivity contribution in [2.45, 2.75) is 0 Å². The molecule has 0 saturated carbocycles. The first-order valence-corrected chi connectivity index (χ1v) is 4.27. The Morgan fingerprint density at radius 2 is 2.07 bits per heavy atom. The minimum atomic E-state index is -0.502. The Kier molecular flexibility index (Phi) is 3.12. The van der Waals surface area contributed by atoms with Crippen molar-refractivity contribution in [2.75, 3.05) is 5.73 Å². The summed E-state index contributed by atoms with van der Waals surface area (Å²) in [6.07, 6.45) is 0. The maximum atomic E-state index is 11.2. The number of aromatic hydroxyl groups is 1. The molecule has 0 aliphatic heterocycles. The Morgan fingerprint density at radius 3 is 2.73 bits per heavy atom. The molecule has 4 nitrogen and oxygen atoms in total. The molecule has 0 aliphatic rings. The molecule has 15 heavy (non-hydrogen) atoms. The summed E-state index contributed by atoms with van der Waals surface area (Å²) in [5.74, 6) is -0.230. The molecule has 0 amide bonds. The Bertz CT molecular complexity index is 566. The summed E-state index contributed by atoms with van der Waals surface area (Å²) in [5, 5.41) is 10.5. The number of H-pyrrole nitrogens is 1. The third-order valence-corrected chi connectivity index (χ3v) is 2.22. The summed E-state index contributed by atoms with van der Waals surface area (Å²) in [6, 6.07) is 4.77. The number of nitrogen functional groups attached to an aromatic ring is 1. The first-order valence-electron chi connectivity index (χ1n) is 3.89. The van der Waals surface area contributed by atoms with Crippen molar-refractivity contribution in [3.8, 4) is 5.75 Å². The SMILES string of the molecule is Cl.Nc1c(O)c2cc(Cl)ccc2[nH]c1=O. The molecule has 0 spiro atoms. The van der Waals surface area contributed by atoms with Gasteiger partial charge in [-0.05, 0) is 18.2 Å². The van der Waals surface area contributed by atoms with E-state index in [9.17, 15) is 9.90 Å². The normalized spacial score (nSPS) is 9.93. The smallest absolute Gasteiger partial charge is 0.275 e. The van der Waals surface area contributed by atoms with Gasteiger partial charge in [0.05, 0.1) is 5.52 Å². The summed E-state index contributed by atoms with van der Waals surface area (Å²) in [7, 11) is 0. The molecule has 0 saturated heterocycles. The number of hydrogen-bond acceptors (Lipinski definition) is 3. The number of fused-ring (bicyclic) bond motifs is 1. The van der Waals surface area contributed by atoms with Crippen LogP contribution >= 0.6 is 24.0 Å². The van der Waals surface area contributed by atoms with Gasteiger partial charge >= 0.3 is 0 Å². The number of pyridine rings is 1. The lowest BCUT2D eigenvalue weighted by molar-refractivity contribution is 0.483. The monoisotopic (exact) mass is 246 g/mol. The minimum Gasteiger partial charge on any atom is -0.505 e. The lowest BCUT2D eigenvalue weighted by Gasteiger charge is -2.03. The predicted octanol–water partition coefficient (Wildman–Crippen LogP) is 1.89. The molecule has 80 valence electrons. The van der Waals surface area contributed by atoms with Gasteiger partial charge in [-0.25, -0.2) is 0 Å². The Hall–Kier alpha value is -1.39. The van der Waals surface area contributed by atoms with E-state index in [1.807, 2.05) is 0 Å². The highest BCUT2D eigenvalue weighted by Gasteiger charge is 2.08. The highest BCUT2D eigenvalue weighted by Crippen LogP contribution is 2.28. The van der Waals surface area contributed by atoms with Crippen molar-refractivity contribution in [3.05, 3.63) is 33.6 Å². The van der Waals surface area contributed by atoms with Gasteiger partial charge in [0.15, 0.2) is 5.75 Å². The van der Waals surface area contributed by atoms with E-state index in [1.54, 1.807) is 18.2 Å². The van der Waals surface area contributed by atoms with Crippen LogP contribution in [0.2, 0.25) is 5.02 Å². The number of halogens is 2. The number of hydrogen-bond donors (Lipinski definition) is 3. The van der Waals surface area contributed by atoms with Crippen LogP contribution in [0.1, 0.15) is 0 Å². The zero-order valence-corrected chi connectivity index (χ0v) is 9.02. The molecule has 0 aliphatic carbocycles. The summed E-state index contributed by atoms with van der Waals surface area (Å²) >= 11 is 5.74. The van der Waals surface area contributed by atoms with Gasteiger partial charge < -0.3 is 15.8 Å². The highest BCUT2D eigenvalue weighted by molar-refractivity contribution is 6.31. The summed E-state index contributed by atoms with van der Waals surface area (Å²) < 4.78 is 0. The van der Waals surface area contributed by atoms with Crippen LogP contribution in [-0.2, 0) is 0 Å². The van der Waals surface area contributed by atoms with Crippen LogP contribution in [0.25, 0.3) is 10.9 Å².